The molecule has 10 heteroatoms. The highest BCUT2D eigenvalue weighted by Crippen LogP contribution is 2.34. The molecule has 0 bridgehead atoms. The van der Waals surface area contributed by atoms with Crippen LogP contribution in [-0.4, -0.2) is 38.9 Å². The fourth-order valence-corrected chi connectivity index (χ4v) is 5.08. The number of nitrogens with one attached hydrogen (secondary N) is 2. The summed E-state index contributed by atoms with van der Waals surface area (Å²) in [4.78, 5) is 31.2. The minimum atomic E-state index is -0.580. The molecule has 35 heavy (non-hydrogen) atoms. The molecule has 4 aromatic rings. The van der Waals surface area contributed by atoms with Crippen LogP contribution in [0, 0.1) is 5.82 Å². The third-order valence-electron chi connectivity index (χ3n) is 5.83. The van der Waals surface area contributed by atoms with Crippen molar-refractivity contribution in [2.75, 3.05) is 28.6 Å². The molecule has 178 valence electrons. The van der Waals surface area contributed by atoms with E-state index in [1.54, 1.807) is 23.5 Å². The Morgan fingerprint density at radius 3 is 2.57 bits per heavy atom. The summed E-state index contributed by atoms with van der Waals surface area (Å²) >= 11 is 1.72. The first-order chi connectivity index (χ1) is 17.1. The number of amides is 1. The van der Waals surface area contributed by atoms with Crippen molar-refractivity contribution < 1.29 is 9.18 Å². The van der Waals surface area contributed by atoms with Crippen LogP contribution in [0.1, 0.15) is 30.7 Å². The zero-order valence-electron chi connectivity index (χ0n) is 19.1. The summed E-state index contributed by atoms with van der Waals surface area (Å²) < 4.78 is 14.7. The van der Waals surface area contributed by atoms with Crippen molar-refractivity contribution in [2.24, 2.45) is 0 Å². The molecular weight excluding hydrogens is 465 g/mol. The molecule has 0 radical (unpaired) electrons. The Balaban J connectivity index is 1.24. The Kier molecular flexibility index (Phi) is 6.62. The molecule has 0 unspecified atom stereocenters. The van der Waals surface area contributed by atoms with Gasteiger partial charge < -0.3 is 15.5 Å². The maximum Gasteiger partial charge on any atom is 0.232 e. The quantitative estimate of drug-likeness (QED) is 0.383. The summed E-state index contributed by atoms with van der Waals surface area (Å²) in [6, 6.07) is 14.9. The van der Waals surface area contributed by atoms with Crippen LogP contribution in [0.25, 0.3) is 11.3 Å². The van der Waals surface area contributed by atoms with Gasteiger partial charge in [0.25, 0.3) is 0 Å². The Morgan fingerprint density at radius 1 is 1.03 bits per heavy atom. The van der Waals surface area contributed by atoms with Gasteiger partial charge in [0.15, 0.2) is 5.82 Å². The van der Waals surface area contributed by atoms with Gasteiger partial charge in [-0.25, -0.2) is 19.3 Å². The molecule has 1 aliphatic rings. The Morgan fingerprint density at radius 2 is 1.80 bits per heavy atom. The van der Waals surface area contributed by atoms with Gasteiger partial charge in [-0.3, -0.25) is 4.79 Å². The summed E-state index contributed by atoms with van der Waals surface area (Å²) in [5, 5.41) is 8.65. The van der Waals surface area contributed by atoms with Crippen LogP contribution in [0.3, 0.4) is 0 Å². The SMILES string of the molecule is CC(=O)Nc1cccc(Nc2ncnc(N3CCC(c4nc(-c5ccccc5)cs4)CC3)n2)c1F. The van der Waals surface area contributed by atoms with Gasteiger partial charge in [-0.15, -0.1) is 11.3 Å². The molecule has 0 atom stereocenters. The summed E-state index contributed by atoms with van der Waals surface area (Å²) in [5.74, 6) is 0.260. The first kappa shape index (κ1) is 22.9. The summed E-state index contributed by atoms with van der Waals surface area (Å²) in [7, 11) is 0. The normalized spacial score (nSPS) is 14.1. The first-order valence-electron chi connectivity index (χ1n) is 11.3. The largest absolute Gasteiger partial charge is 0.341 e. The highest BCUT2D eigenvalue weighted by Gasteiger charge is 2.25. The zero-order valence-corrected chi connectivity index (χ0v) is 19.9. The molecule has 3 heterocycles. The fraction of sp³-hybridized carbons (Fsp3) is 0.240. The number of carbonyl (C=O) groups is 1. The van der Waals surface area contributed by atoms with E-state index in [2.05, 4.69) is 48.0 Å². The van der Waals surface area contributed by atoms with Gasteiger partial charge in [0.05, 0.1) is 22.1 Å². The van der Waals surface area contributed by atoms with E-state index in [1.807, 2.05) is 18.2 Å². The lowest BCUT2D eigenvalue weighted by Gasteiger charge is -2.31. The molecule has 1 fully saturated rings. The minimum Gasteiger partial charge on any atom is -0.341 e. The number of nitrogens with zero attached hydrogens (tertiary/aromatic N) is 5. The van der Waals surface area contributed by atoms with Crippen LogP contribution in [-0.2, 0) is 4.79 Å². The Bertz CT molecular complexity index is 1320. The third kappa shape index (κ3) is 5.27. The van der Waals surface area contributed by atoms with Crippen molar-refractivity contribution >= 4 is 40.5 Å². The molecule has 2 aromatic heterocycles. The van der Waals surface area contributed by atoms with Crippen LogP contribution in [0.2, 0.25) is 0 Å². The molecule has 0 aliphatic carbocycles. The molecule has 1 amide bonds. The van der Waals surface area contributed by atoms with Crippen molar-refractivity contribution in [3.8, 4) is 11.3 Å². The number of hydrogen-bond donors (Lipinski definition) is 2. The lowest BCUT2D eigenvalue weighted by molar-refractivity contribution is -0.114. The Labute approximate surface area is 206 Å². The van der Waals surface area contributed by atoms with Crippen LogP contribution >= 0.6 is 11.3 Å². The number of rotatable bonds is 6. The van der Waals surface area contributed by atoms with Gasteiger partial charge in [-0.1, -0.05) is 36.4 Å². The number of aromatic nitrogens is 4. The number of hydrogen-bond acceptors (Lipinski definition) is 8. The number of halogens is 1. The van der Waals surface area contributed by atoms with E-state index in [-0.39, 0.29) is 23.2 Å². The lowest BCUT2D eigenvalue weighted by Crippen LogP contribution is -2.34. The molecule has 8 nitrogen and oxygen atoms in total. The summed E-state index contributed by atoms with van der Waals surface area (Å²) in [6.45, 7) is 2.92. The van der Waals surface area contributed by atoms with Crippen molar-refractivity contribution in [3.63, 3.8) is 0 Å². The standard InChI is InChI=1S/C25H24FN7OS/c1-16(34)29-19-8-5-9-20(22(19)26)31-24-27-15-28-25(32-24)33-12-10-18(11-13-33)23-30-21(14-35-23)17-6-3-2-4-7-17/h2-9,14-15,18H,10-13H2,1H3,(H,29,34)(H,27,28,31,32). The van der Waals surface area contributed by atoms with Crippen LogP contribution in [0.15, 0.2) is 60.2 Å². The topological polar surface area (TPSA) is 95.9 Å². The summed E-state index contributed by atoms with van der Waals surface area (Å²) in [6.07, 6.45) is 3.31. The molecule has 0 saturated carbocycles. The van der Waals surface area contributed by atoms with Crippen LogP contribution < -0.4 is 15.5 Å². The molecule has 0 spiro atoms. The van der Waals surface area contributed by atoms with Gasteiger partial charge in [0.1, 0.15) is 6.33 Å². The van der Waals surface area contributed by atoms with E-state index in [0.717, 1.165) is 42.2 Å². The second kappa shape index (κ2) is 10.1. The monoisotopic (exact) mass is 489 g/mol. The average molecular weight is 490 g/mol. The van der Waals surface area contributed by atoms with Crippen molar-refractivity contribution in [2.45, 2.75) is 25.7 Å². The van der Waals surface area contributed by atoms with E-state index in [4.69, 9.17) is 4.98 Å². The fourth-order valence-electron chi connectivity index (χ4n) is 4.08. The van der Waals surface area contributed by atoms with E-state index in [1.165, 1.54) is 19.3 Å². The number of piperidine rings is 1. The predicted octanol–water partition coefficient (Wildman–Crippen LogP) is 5.22. The third-order valence-corrected chi connectivity index (χ3v) is 6.84. The molecule has 2 N–H and O–H groups in total. The van der Waals surface area contributed by atoms with Crippen LogP contribution in [0.4, 0.5) is 27.7 Å². The van der Waals surface area contributed by atoms with E-state index in [9.17, 15) is 9.18 Å². The molecule has 2 aromatic carbocycles. The van der Waals surface area contributed by atoms with Gasteiger partial charge in [-0.2, -0.15) is 4.98 Å². The average Bonchev–Trinajstić information content (AvgIpc) is 3.38. The van der Waals surface area contributed by atoms with Gasteiger partial charge >= 0.3 is 0 Å². The number of benzene rings is 2. The van der Waals surface area contributed by atoms with Crippen molar-refractivity contribution in [3.05, 3.63) is 71.1 Å². The number of thiazole rings is 1. The molecular formula is C25H24FN7OS. The van der Waals surface area contributed by atoms with Crippen LogP contribution in [0.5, 0.6) is 0 Å². The molecule has 5 rings (SSSR count). The minimum absolute atomic E-state index is 0.0939. The van der Waals surface area contributed by atoms with Gasteiger partial charge in [-0.05, 0) is 25.0 Å². The number of anilines is 4. The maximum absolute atomic E-state index is 14.7. The first-order valence-corrected chi connectivity index (χ1v) is 12.2. The lowest BCUT2D eigenvalue weighted by atomic mass is 9.98. The van der Waals surface area contributed by atoms with E-state index >= 15 is 0 Å². The van der Waals surface area contributed by atoms with Gasteiger partial charge in [0.2, 0.25) is 17.8 Å². The highest BCUT2D eigenvalue weighted by molar-refractivity contribution is 7.10. The smallest absolute Gasteiger partial charge is 0.232 e. The predicted molar refractivity (Wildman–Crippen MR) is 136 cm³/mol. The second-order valence-electron chi connectivity index (χ2n) is 8.28. The van der Waals surface area contributed by atoms with Crippen molar-refractivity contribution in [1.82, 2.24) is 19.9 Å². The summed E-state index contributed by atoms with van der Waals surface area (Å²) in [5.41, 5.74) is 2.43. The van der Waals surface area contributed by atoms with E-state index < -0.39 is 5.82 Å². The number of carbonyl (C=O) groups excluding carboxylic acids is 1. The Hall–Kier alpha value is -3.92. The zero-order chi connectivity index (χ0) is 24.2. The van der Waals surface area contributed by atoms with Gasteiger partial charge in [0, 0.05) is 36.9 Å². The maximum atomic E-state index is 14.7. The highest BCUT2D eigenvalue weighted by atomic mass is 32.1. The van der Waals surface area contributed by atoms with Crippen molar-refractivity contribution in [1.29, 1.82) is 0 Å². The molecule has 1 saturated heterocycles. The second-order valence-corrected chi connectivity index (χ2v) is 9.17. The molecule has 1 aliphatic heterocycles. The van der Waals surface area contributed by atoms with E-state index in [0.29, 0.717) is 11.9 Å².